The summed E-state index contributed by atoms with van der Waals surface area (Å²) in [6, 6.07) is 0. The predicted octanol–water partition coefficient (Wildman–Crippen LogP) is 2.74. The minimum atomic E-state index is 0.439. The molecule has 0 aromatic heterocycles. The summed E-state index contributed by atoms with van der Waals surface area (Å²) in [6.07, 6.45) is 0. The van der Waals surface area contributed by atoms with Gasteiger partial charge in [-0.05, 0) is 12.8 Å². The quantitative estimate of drug-likeness (QED) is 0.323. The van der Waals surface area contributed by atoms with Crippen LogP contribution in [0.2, 0.25) is 0 Å². The van der Waals surface area contributed by atoms with Gasteiger partial charge in [0, 0.05) is 10.4 Å². The van der Waals surface area contributed by atoms with E-state index in [-0.39, 0.29) is 0 Å². The van der Waals surface area contributed by atoms with E-state index in [1.165, 1.54) is 0 Å². The molecule has 0 bridgehead atoms. The first-order valence-corrected chi connectivity index (χ1v) is 3.41. The van der Waals surface area contributed by atoms with Crippen LogP contribution >= 0.6 is 12.2 Å². The molecule has 0 saturated carbocycles. The predicted molar refractivity (Wildman–Crippen MR) is 45.8 cm³/mol. The van der Waals surface area contributed by atoms with E-state index in [0.717, 1.165) is 10.4 Å². The third-order valence-electron chi connectivity index (χ3n) is 1.16. The van der Waals surface area contributed by atoms with Crippen LogP contribution in [0.3, 0.4) is 0 Å². The summed E-state index contributed by atoms with van der Waals surface area (Å²) in [6.45, 7) is 9.60. The molecule has 0 unspecified atom stereocenters. The first-order chi connectivity index (χ1) is 4.09. The van der Waals surface area contributed by atoms with Gasteiger partial charge in [-0.2, -0.15) is 0 Å². The van der Waals surface area contributed by atoms with Crippen molar-refractivity contribution in [2.45, 2.75) is 20.8 Å². The van der Waals surface area contributed by atoms with Crippen molar-refractivity contribution >= 4 is 17.1 Å². The maximum atomic E-state index is 5.06. The number of thiocarbonyl (C=S) groups is 1. The lowest BCUT2D eigenvalue weighted by atomic mass is 10.1. The van der Waals surface area contributed by atoms with Gasteiger partial charge in [0.2, 0.25) is 0 Å². The van der Waals surface area contributed by atoms with Crippen molar-refractivity contribution < 1.29 is 0 Å². The average molecular weight is 140 g/mol. The number of hydrogen-bond donors (Lipinski definition) is 0. The molecule has 0 radical (unpaired) electrons. The Morgan fingerprint density at radius 3 is 2.11 bits per heavy atom. The second-order valence-electron chi connectivity index (χ2n) is 2.32. The third-order valence-corrected chi connectivity index (χ3v) is 1.94. The minimum Gasteiger partial charge on any atom is -0.124 e. The SMILES string of the molecule is C=C=C(C)C(=S)C(C)C. The van der Waals surface area contributed by atoms with E-state index in [1.54, 1.807) is 0 Å². The molecule has 0 amide bonds. The van der Waals surface area contributed by atoms with Crippen LogP contribution in [0.15, 0.2) is 17.9 Å². The van der Waals surface area contributed by atoms with E-state index >= 15 is 0 Å². The highest BCUT2D eigenvalue weighted by molar-refractivity contribution is 7.80. The fourth-order valence-corrected chi connectivity index (χ4v) is 0.592. The lowest BCUT2D eigenvalue weighted by Gasteiger charge is -2.03. The van der Waals surface area contributed by atoms with Crippen molar-refractivity contribution in [1.82, 2.24) is 0 Å². The van der Waals surface area contributed by atoms with Crippen molar-refractivity contribution in [2.24, 2.45) is 5.92 Å². The van der Waals surface area contributed by atoms with Gasteiger partial charge in [-0.15, -0.1) is 5.73 Å². The van der Waals surface area contributed by atoms with Gasteiger partial charge in [0.05, 0.1) is 0 Å². The fraction of sp³-hybridized carbons (Fsp3) is 0.500. The van der Waals surface area contributed by atoms with Crippen LogP contribution in [0.1, 0.15) is 20.8 Å². The van der Waals surface area contributed by atoms with E-state index in [9.17, 15) is 0 Å². The maximum absolute atomic E-state index is 5.06. The van der Waals surface area contributed by atoms with E-state index in [4.69, 9.17) is 12.2 Å². The fourth-order valence-electron chi connectivity index (χ4n) is 0.520. The van der Waals surface area contributed by atoms with Crippen molar-refractivity contribution in [3.05, 3.63) is 17.9 Å². The van der Waals surface area contributed by atoms with Gasteiger partial charge < -0.3 is 0 Å². The maximum Gasteiger partial charge on any atom is 0.0283 e. The molecular weight excluding hydrogens is 128 g/mol. The van der Waals surface area contributed by atoms with Crippen molar-refractivity contribution in [2.75, 3.05) is 0 Å². The molecule has 9 heavy (non-hydrogen) atoms. The van der Waals surface area contributed by atoms with Gasteiger partial charge in [0.25, 0.3) is 0 Å². The first-order valence-electron chi connectivity index (χ1n) is 3.00. The Morgan fingerprint density at radius 2 is 2.00 bits per heavy atom. The van der Waals surface area contributed by atoms with Crippen LogP contribution in [-0.4, -0.2) is 4.86 Å². The highest BCUT2D eigenvalue weighted by Gasteiger charge is 2.02. The van der Waals surface area contributed by atoms with E-state index in [1.807, 2.05) is 6.92 Å². The van der Waals surface area contributed by atoms with Crippen LogP contribution in [0.5, 0.6) is 0 Å². The van der Waals surface area contributed by atoms with Crippen LogP contribution in [0.4, 0.5) is 0 Å². The zero-order valence-corrected chi connectivity index (χ0v) is 7.01. The van der Waals surface area contributed by atoms with Gasteiger partial charge >= 0.3 is 0 Å². The zero-order valence-electron chi connectivity index (χ0n) is 6.19. The van der Waals surface area contributed by atoms with Crippen molar-refractivity contribution in [3.63, 3.8) is 0 Å². The summed E-state index contributed by atoms with van der Waals surface area (Å²) >= 11 is 5.06. The van der Waals surface area contributed by atoms with E-state index in [0.29, 0.717) is 5.92 Å². The molecule has 0 heterocycles. The number of hydrogen-bond acceptors (Lipinski definition) is 1. The largest absolute Gasteiger partial charge is 0.124 e. The number of allylic oxidation sites excluding steroid dienone is 1. The minimum absolute atomic E-state index is 0.439. The van der Waals surface area contributed by atoms with Crippen LogP contribution < -0.4 is 0 Å². The monoisotopic (exact) mass is 140 g/mol. The molecule has 0 spiro atoms. The summed E-state index contributed by atoms with van der Waals surface area (Å²) in [5.74, 6) is 0.439. The first kappa shape index (κ1) is 8.61. The summed E-state index contributed by atoms with van der Waals surface area (Å²) < 4.78 is 0. The lowest BCUT2D eigenvalue weighted by Crippen LogP contribution is -2.03. The van der Waals surface area contributed by atoms with E-state index in [2.05, 4.69) is 26.2 Å². The molecule has 0 rings (SSSR count). The molecule has 0 aliphatic carbocycles. The molecule has 0 aromatic rings. The second kappa shape index (κ2) is 3.60. The molecule has 0 aromatic carbocycles. The molecule has 0 fully saturated rings. The molecular formula is C8H12S. The Balaban J connectivity index is 4.23. The summed E-state index contributed by atoms with van der Waals surface area (Å²) in [7, 11) is 0. The third kappa shape index (κ3) is 2.59. The second-order valence-corrected chi connectivity index (χ2v) is 2.76. The van der Waals surface area contributed by atoms with Crippen LogP contribution in [0.25, 0.3) is 0 Å². The molecule has 0 saturated heterocycles. The molecule has 0 nitrogen and oxygen atoms in total. The standard InChI is InChI=1S/C8H12S/c1-5-7(4)8(9)6(2)3/h6H,1H2,2-4H3. The topological polar surface area (TPSA) is 0 Å². The summed E-state index contributed by atoms with van der Waals surface area (Å²) in [4.78, 5) is 0.963. The Kier molecular flexibility index (Phi) is 3.44. The Bertz CT molecular complexity index is 159. The average Bonchev–Trinajstić information content (AvgIpc) is 1.84. The molecule has 0 atom stereocenters. The molecule has 0 aliphatic rings. The summed E-state index contributed by atoms with van der Waals surface area (Å²) in [5.41, 5.74) is 3.77. The molecule has 1 heteroatoms. The number of rotatable bonds is 2. The van der Waals surface area contributed by atoms with Crippen molar-refractivity contribution in [1.29, 1.82) is 0 Å². The smallest absolute Gasteiger partial charge is 0.0283 e. The molecule has 0 N–H and O–H groups in total. The van der Waals surface area contributed by atoms with Crippen LogP contribution in [0, 0.1) is 5.92 Å². The van der Waals surface area contributed by atoms with E-state index < -0.39 is 0 Å². The van der Waals surface area contributed by atoms with Crippen LogP contribution in [-0.2, 0) is 0 Å². The highest BCUT2D eigenvalue weighted by Crippen LogP contribution is 2.05. The molecule has 50 valence electrons. The lowest BCUT2D eigenvalue weighted by molar-refractivity contribution is 0.899. The summed E-state index contributed by atoms with van der Waals surface area (Å²) in [5, 5.41) is 0. The normalized spacial score (nSPS) is 8.89. The Labute approximate surface area is 62.3 Å². The Hall–Kier alpha value is -0.390. The molecule has 0 aliphatic heterocycles. The van der Waals surface area contributed by atoms with Crippen molar-refractivity contribution in [3.8, 4) is 0 Å². The van der Waals surface area contributed by atoms with Gasteiger partial charge in [0.1, 0.15) is 0 Å². The Morgan fingerprint density at radius 1 is 1.56 bits per heavy atom. The van der Waals surface area contributed by atoms with Gasteiger partial charge in [0.15, 0.2) is 0 Å². The van der Waals surface area contributed by atoms with Gasteiger partial charge in [-0.25, -0.2) is 0 Å². The van der Waals surface area contributed by atoms with Gasteiger partial charge in [-0.1, -0.05) is 32.6 Å². The highest BCUT2D eigenvalue weighted by atomic mass is 32.1. The van der Waals surface area contributed by atoms with Gasteiger partial charge in [-0.3, -0.25) is 0 Å². The zero-order chi connectivity index (χ0) is 7.44.